The van der Waals surface area contributed by atoms with Crippen molar-refractivity contribution >= 4 is 131 Å². The summed E-state index contributed by atoms with van der Waals surface area (Å²) in [5.74, 6) is 0. The van der Waals surface area contributed by atoms with Crippen molar-refractivity contribution < 1.29 is 0 Å². The Morgan fingerprint density at radius 3 is 1.23 bits per heavy atom. The van der Waals surface area contributed by atoms with Gasteiger partial charge in [0.15, 0.2) is 16.1 Å². The zero-order valence-electron chi connectivity index (χ0n) is 55.2. The smallest absolute Gasteiger partial charge is 0.252 e. The van der Waals surface area contributed by atoms with Crippen molar-refractivity contribution in [1.29, 1.82) is 0 Å². The van der Waals surface area contributed by atoms with Crippen LogP contribution in [0.25, 0.3) is 49.7 Å². The van der Waals surface area contributed by atoms with Crippen molar-refractivity contribution in [2.75, 3.05) is 9.80 Å². The van der Waals surface area contributed by atoms with Gasteiger partial charge < -0.3 is 14.4 Å². The zero-order valence-corrected chi connectivity index (χ0v) is 57.2. The van der Waals surface area contributed by atoms with Crippen molar-refractivity contribution in [3.63, 3.8) is 0 Å². The van der Waals surface area contributed by atoms with Gasteiger partial charge in [0.05, 0.1) is 16.7 Å². The first-order chi connectivity index (χ1) is 48.4. The maximum absolute atomic E-state index is 2.90. The van der Waals surface area contributed by atoms with E-state index in [4.69, 9.17) is 0 Å². The van der Waals surface area contributed by atoms with E-state index in [-0.39, 0.29) is 17.7 Å². The molecular weight excluding hydrogens is 1210 g/mol. The zero-order chi connectivity index (χ0) is 65.2. The average molecular weight is 1290 g/mol. The Balaban J connectivity index is 0.908. The summed E-state index contributed by atoms with van der Waals surface area (Å²) in [5, 5.41) is 13.3. The minimum absolute atomic E-state index is 0.0322. The molecule has 1 aliphatic carbocycles. The first-order valence-electron chi connectivity index (χ1n) is 35.1. The van der Waals surface area contributed by atoms with Gasteiger partial charge in [-0.05, 0) is 160 Å². The van der Waals surface area contributed by atoms with E-state index in [2.05, 4.69) is 380 Å². The standard InChI is InChI=1S/C92H72BN3Si2/c1-91-58-27-28-59-92(91,2)96-87-64-71(63-86-88(87)93(83-47-29-46-82(91)90(83)96)84-62-68(66-32-13-4-14-33-66)61-81-80-60-67(65-30-11-3-12-31-65)48-57-85(80)95(86)89(81)84)94(69-49-53-78(54-50-69)97(72-34-15-5-16-35-72,73-36-17-6-18-37-73)74-38-19-7-20-39-74)70-51-55-79(56-52-70)98(75-40-21-8-22-41-75,76-42-23-9-24-43-76)77-44-25-10-26-45-77/h3-26,29-57,60-64H,27-28,58-59H2,1-2H3. The summed E-state index contributed by atoms with van der Waals surface area (Å²) in [4.78, 5) is 5.51. The van der Waals surface area contributed by atoms with Crippen molar-refractivity contribution in [3.05, 3.63) is 357 Å². The van der Waals surface area contributed by atoms with Crippen molar-refractivity contribution in [1.82, 2.24) is 4.57 Å². The molecule has 14 aromatic carbocycles. The quantitative estimate of drug-likeness (QED) is 0.0842. The molecule has 1 fully saturated rings. The van der Waals surface area contributed by atoms with Gasteiger partial charge in [-0.3, -0.25) is 0 Å². The fraction of sp³-hybridized carbons (Fsp3) is 0.0870. The van der Waals surface area contributed by atoms with Crippen LogP contribution in [-0.2, 0) is 5.41 Å². The van der Waals surface area contributed by atoms with Crippen molar-refractivity contribution in [2.24, 2.45) is 0 Å². The fourth-order valence-corrected chi connectivity index (χ4v) is 28.3. The van der Waals surface area contributed by atoms with Crippen LogP contribution in [0.15, 0.2) is 352 Å². The van der Waals surface area contributed by atoms with Gasteiger partial charge in [0.25, 0.3) is 6.71 Å². The predicted octanol–water partition coefficient (Wildman–Crippen LogP) is 15.2. The van der Waals surface area contributed by atoms with Crippen LogP contribution in [0, 0.1) is 0 Å². The van der Waals surface area contributed by atoms with Gasteiger partial charge in [-0.15, -0.1) is 0 Å². The fourth-order valence-electron chi connectivity index (χ4n) is 18.8. The van der Waals surface area contributed by atoms with E-state index in [0.29, 0.717) is 0 Å². The van der Waals surface area contributed by atoms with E-state index in [0.717, 1.165) is 29.9 Å². The molecule has 1 saturated carbocycles. The molecule has 15 aromatic rings. The lowest BCUT2D eigenvalue weighted by Crippen LogP contribution is -2.74. The van der Waals surface area contributed by atoms with Crippen LogP contribution in [0.3, 0.4) is 0 Å². The molecule has 0 saturated heterocycles. The second kappa shape index (κ2) is 22.8. The summed E-state index contributed by atoms with van der Waals surface area (Å²) in [6.45, 7) is 5.20. The molecule has 3 nitrogen and oxygen atoms in total. The normalized spacial score (nSPS) is 16.6. The second-order valence-electron chi connectivity index (χ2n) is 28.1. The Bertz CT molecular complexity index is 5160. The molecule has 3 aliphatic heterocycles. The lowest BCUT2D eigenvalue weighted by atomic mass is 9.33. The first kappa shape index (κ1) is 58.3. The third kappa shape index (κ3) is 8.47. The molecule has 98 heavy (non-hydrogen) atoms. The molecule has 0 bridgehead atoms. The first-order valence-corrected chi connectivity index (χ1v) is 39.1. The average Bonchev–Trinajstić information content (AvgIpc) is 1.48. The topological polar surface area (TPSA) is 11.4 Å². The van der Waals surface area contributed by atoms with Gasteiger partial charge in [-0.25, -0.2) is 0 Å². The molecule has 6 heteroatoms. The molecule has 0 spiro atoms. The molecule has 0 amide bonds. The molecule has 0 radical (unpaired) electrons. The maximum Gasteiger partial charge on any atom is 0.252 e. The van der Waals surface area contributed by atoms with Crippen LogP contribution in [-0.4, -0.2) is 33.0 Å². The van der Waals surface area contributed by atoms with Gasteiger partial charge in [0, 0.05) is 50.1 Å². The molecule has 1 aromatic heterocycles. The molecular formula is C92H72BN3Si2. The second-order valence-corrected chi connectivity index (χ2v) is 35.7. The molecule has 19 rings (SSSR count). The van der Waals surface area contributed by atoms with Gasteiger partial charge in [-0.1, -0.05) is 317 Å². The summed E-state index contributed by atoms with van der Waals surface area (Å²) in [6.07, 6.45) is 4.67. The highest BCUT2D eigenvalue weighted by molar-refractivity contribution is 7.20. The third-order valence-corrected chi connectivity index (χ3v) is 33.0. The highest BCUT2D eigenvalue weighted by atomic mass is 28.3. The van der Waals surface area contributed by atoms with Crippen molar-refractivity contribution in [2.45, 2.75) is 50.5 Å². The van der Waals surface area contributed by atoms with E-state index in [9.17, 15) is 0 Å². The van der Waals surface area contributed by atoms with Gasteiger partial charge >= 0.3 is 0 Å². The van der Waals surface area contributed by atoms with Gasteiger partial charge in [0.1, 0.15) is 0 Å². The van der Waals surface area contributed by atoms with Gasteiger partial charge in [0.2, 0.25) is 0 Å². The minimum atomic E-state index is -2.90. The molecule has 2 unspecified atom stereocenters. The summed E-state index contributed by atoms with van der Waals surface area (Å²) < 4.78 is 2.69. The number of anilines is 5. The molecule has 466 valence electrons. The summed E-state index contributed by atoms with van der Waals surface area (Å²) in [7, 11) is -5.81. The Morgan fingerprint density at radius 1 is 0.337 bits per heavy atom. The number of benzene rings is 14. The van der Waals surface area contributed by atoms with E-state index in [1.54, 1.807) is 0 Å². The largest absolute Gasteiger partial charge is 0.335 e. The van der Waals surface area contributed by atoms with Crippen LogP contribution in [0.2, 0.25) is 0 Å². The van der Waals surface area contributed by atoms with Crippen molar-refractivity contribution in [3.8, 4) is 27.9 Å². The number of aromatic nitrogens is 1. The highest BCUT2D eigenvalue weighted by Crippen LogP contribution is 2.62. The Hall–Kier alpha value is -11.0. The molecule has 4 aliphatic rings. The van der Waals surface area contributed by atoms with Crippen LogP contribution in [0.5, 0.6) is 0 Å². The number of rotatable bonds is 13. The van der Waals surface area contributed by atoms with Crippen LogP contribution in [0.1, 0.15) is 45.1 Å². The van der Waals surface area contributed by atoms with E-state index in [1.165, 1.54) is 137 Å². The number of para-hydroxylation sites is 1. The van der Waals surface area contributed by atoms with E-state index in [1.807, 2.05) is 0 Å². The van der Waals surface area contributed by atoms with E-state index < -0.39 is 16.1 Å². The van der Waals surface area contributed by atoms with E-state index >= 15 is 0 Å². The Morgan fingerprint density at radius 2 is 0.755 bits per heavy atom. The molecule has 4 heterocycles. The number of hydrogen-bond donors (Lipinski definition) is 0. The third-order valence-electron chi connectivity index (χ3n) is 23.4. The lowest BCUT2D eigenvalue weighted by molar-refractivity contribution is 0.195. The summed E-state index contributed by atoms with van der Waals surface area (Å²) >= 11 is 0. The van der Waals surface area contributed by atoms with Gasteiger partial charge in [-0.2, -0.15) is 0 Å². The lowest BCUT2D eigenvalue weighted by Gasteiger charge is -2.52. The minimum Gasteiger partial charge on any atom is -0.335 e. The number of fused-ring (bicyclic) bond motifs is 10. The Kier molecular flexibility index (Phi) is 13.6. The SMILES string of the molecule is CC12CCCCC1(C)N1c3cc(N(c4ccc([Si](c5ccccc5)(c5ccccc5)c5ccccc5)cc4)c4ccc([Si](c5ccccc5)(c5ccccc5)c5ccccc5)cc4)cc4c3B(c3cccc2c31)c1cc(-c2ccccc2)cc2c3cc(-c5ccccc5)ccc3n-4c12. The molecule has 0 N–H and O–H groups in total. The monoisotopic (exact) mass is 1290 g/mol. The van der Waals surface area contributed by atoms with Crippen LogP contribution < -0.4 is 67.7 Å². The van der Waals surface area contributed by atoms with Crippen LogP contribution >= 0.6 is 0 Å². The summed E-state index contributed by atoms with van der Waals surface area (Å²) in [6, 6.07) is 135. The van der Waals surface area contributed by atoms with Crippen LogP contribution in [0.4, 0.5) is 28.4 Å². The number of nitrogens with zero attached hydrogens (tertiary/aromatic N) is 3. The number of hydrogen-bond acceptors (Lipinski definition) is 2. The maximum atomic E-state index is 2.90. The highest BCUT2D eigenvalue weighted by Gasteiger charge is 2.61. The molecule has 2 atom stereocenters. The summed E-state index contributed by atoms with van der Waals surface area (Å²) in [5.41, 5.74) is 20.1. The predicted molar refractivity (Wildman–Crippen MR) is 421 cm³/mol. The Labute approximate surface area is 577 Å².